The lowest BCUT2D eigenvalue weighted by Crippen LogP contribution is -2.54. The number of amides is 1. The predicted octanol–water partition coefficient (Wildman–Crippen LogP) is -0.150. The van der Waals surface area contributed by atoms with Crippen molar-refractivity contribution >= 4 is 5.91 Å². The Morgan fingerprint density at radius 2 is 2.11 bits per heavy atom. The van der Waals surface area contributed by atoms with Gasteiger partial charge in [-0.05, 0) is 13.3 Å². The minimum atomic E-state index is -0.927. The lowest BCUT2D eigenvalue weighted by atomic mass is 10.1. The van der Waals surface area contributed by atoms with E-state index in [0.717, 1.165) is 6.20 Å². The predicted molar refractivity (Wildman–Crippen MR) is 64.0 cm³/mol. The molecule has 3 rings (SSSR count). The first-order valence-corrected chi connectivity index (χ1v) is 6.11. The van der Waals surface area contributed by atoms with Crippen molar-refractivity contribution in [2.24, 2.45) is 0 Å². The molecule has 0 radical (unpaired) electrons. The molecule has 102 valence electrons. The third-order valence-electron chi connectivity index (χ3n) is 3.57. The number of hydrogen-bond donors (Lipinski definition) is 2. The van der Waals surface area contributed by atoms with E-state index < -0.39 is 29.1 Å². The highest BCUT2D eigenvalue weighted by atomic mass is 16.5. The first-order chi connectivity index (χ1) is 8.99. The van der Waals surface area contributed by atoms with Crippen molar-refractivity contribution in [2.75, 3.05) is 6.54 Å². The molecular formula is C12H14N2O5. The van der Waals surface area contributed by atoms with Crippen LogP contribution in [-0.2, 0) is 11.3 Å². The minimum Gasteiger partial charge on any atom is -0.503 e. The molecule has 1 aromatic rings. The SMILES string of the molecule is C[C@@H]1CCN2C(=O)c3c(O)c(=O)c(O)cn3C[C@@H]2O1. The lowest BCUT2D eigenvalue weighted by molar-refractivity contribution is -0.128. The second-order valence-corrected chi connectivity index (χ2v) is 4.88. The number of ether oxygens (including phenoxy) is 1. The molecule has 1 fully saturated rings. The zero-order chi connectivity index (χ0) is 13.7. The number of aromatic nitrogens is 1. The molecule has 2 aliphatic rings. The summed E-state index contributed by atoms with van der Waals surface area (Å²) < 4.78 is 7.04. The van der Waals surface area contributed by atoms with Gasteiger partial charge < -0.3 is 24.4 Å². The van der Waals surface area contributed by atoms with Crippen LogP contribution >= 0.6 is 0 Å². The van der Waals surface area contributed by atoms with Crippen LogP contribution in [0, 0.1) is 0 Å². The Balaban J connectivity index is 2.11. The molecular weight excluding hydrogens is 252 g/mol. The van der Waals surface area contributed by atoms with Crippen LogP contribution in [0.25, 0.3) is 0 Å². The van der Waals surface area contributed by atoms with Gasteiger partial charge in [0.15, 0.2) is 23.4 Å². The summed E-state index contributed by atoms with van der Waals surface area (Å²) in [7, 11) is 0. The number of rotatable bonds is 0. The van der Waals surface area contributed by atoms with Crippen molar-refractivity contribution in [3.05, 3.63) is 22.1 Å². The summed E-state index contributed by atoms with van der Waals surface area (Å²) in [6.45, 7) is 2.74. The van der Waals surface area contributed by atoms with Crippen LogP contribution in [0.4, 0.5) is 0 Å². The van der Waals surface area contributed by atoms with E-state index in [9.17, 15) is 19.8 Å². The summed E-state index contributed by atoms with van der Waals surface area (Å²) in [5.41, 5.74) is -1.01. The normalized spacial score (nSPS) is 25.9. The fraction of sp³-hybridized carbons (Fsp3) is 0.500. The minimum absolute atomic E-state index is 0.0529. The Morgan fingerprint density at radius 1 is 1.37 bits per heavy atom. The summed E-state index contributed by atoms with van der Waals surface area (Å²) in [4.78, 5) is 25.3. The number of fused-ring (bicyclic) bond motifs is 2. The zero-order valence-electron chi connectivity index (χ0n) is 10.4. The van der Waals surface area contributed by atoms with Gasteiger partial charge in [0.2, 0.25) is 0 Å². The maximum absolute atomic E-state index is 12.3. The number of hydrogen-bond acceptors (Lipinski definition) is 5. The van der Waals surface area contributed by atoms with E-state index in [1.807, 2.05) is 6.92 Å². The summed E-state index contributed by atoms with van der Waals surface area (Å²) >= 11 is 0. The van der Waals surface area contributed by atoms with Gasteiger partial charge in [-0.3, -0.25) is 9.59 Å². The quantitative estimate of drug-likeness (QED) is 0.681. The molecule has 0 aromatic carbocycles. The van der Waals surface area contributed by atoms with E-state index in [0.29, 0.717) is 13.0 Å². The third-order valence-corrected chi connectivity index (χ3v) is 3.57. The zero-order valence-corrected chi connectivity index (χ0v) is 10.4. The molecule has 3 heterocycles. The van der Waals surface area contributed by atoms with Crippen LogP contribution in [0.15, 0.2) is 11.0 Å². The fourth-order valence-corrected chi connectivity index (χ4v) is 2.56. The standard InChI is InChI=1S/C12H14N2O5/c1-6-2-3-14-8(19-6)5-13-4-7(15)10(16)11(17)9(13)12(14)18/h4,6,8,15,17H,2-3,5H2,1H3/t6-,8+/m1/s1. The molecule has 0 aliphatic carbocycles. The van der Waals surface area contributed by atoms with E-state index in [4.69, 9.17) is 4.74 Å². The van der Waals surface area contributed by atoms with Crippen molar-refractivity contribution in [2.45, 2.75) is 32.2 Å². The van der Waals surface area contributed by atoms with Crippen molar-refractivity contribution in [1.82, 2.24) is 9.47 Å². The van der Waals surface area contributed by atoms with Gasteiger partial charge >= 0.3 is 0 Å². The van der Waals surface area contributed by atoms with E-state index in [2.05, 4.69) is 0 Å². The first-order valence-electron chi connectivity index (χ1n) is 6.11. The van der Waals surface area contributed by atoms with Gasteiger partial charge in [-0.2, -0.15) is 0 Å². The largest absolute Gasteiger partial charge is 0.503 e. The smallest absolute Gasteiger partial charge is 0.276 e. The highest BCUT2D eigenvalue weighted by molar-refractivity contribution is 5.96. The average Bonchev–Trinajstić information content (AvgIpc) is 2.35. The van der Waals surface area contributed by atoms with Gasteiger partial charge in [0.25, 0.3) is 11.3 Å². The Morgan fingerprint density at radius 3 is 2.84 bits per heavy atom. The van der Waals surface area contributed by atoms with Gasteiger partial charge in [-0.15, -0.1) is 0 Å². The third kappa shape index (κ3) is 1.69. The van der Waals surface area contributed by atoms with Crippen LogP contribution in [-0.4, -0.2) is 44.5 Å². The second kappa shape index (κ2) is 3.99. The fourth-order valence-electron chi connectivity index (χ4n) is 2.56. The van der Waals surface area contributed by atoms with Crippen LogP contribution in [0.5, 0.6) is 11.5 Å². The van der Waals surface area contributed by atoms with Gasteiger partial charge in [0, 0.05) is 6.54 Å². The van der Waals surface area contributed by atoms with Gasteiger partial charge in [0.1, 0.15) is 0 Å². The monoisotopic (exact) mass is 266 g/mol. The van der Waals surface area contributed by atoms with Crippen LogP contribution in [0.2, 0.25) is 0 Å². The Bertz CT molecular complexity index is 609. The summed E-state index contributed by atoms with van der Waals surface area (Å²) in [6, 6.07) is 0. The molecule has 7 heteroatoms. The average molecular weight is 266 g/mol. The highest BCUT2D eigenvalue weighted by Crippen LogP contribution is 2.28. The van der Waals surface area contributed by atoms with Crippen LogP contribution < -0.4 is 5.43 Å². The van der Waals surface area contributed by atoms with E-state index >= 15 is 0 Å². The maximum Gasteiger partial charge on any atom is 0.276 e. The summed E-state index contributed by atoms with van der Waals surface area (Å²) in [5, 5.41) is 19.2. The molecule has 1 amide bonds. The molecule has 0 spiro atoms. The Hall–Kier alpha value is -2.02. The molecule has 0 saturated carbocycles. The van der Waals surface area contributed by atoms with Crippen molar-refractivity contribution in [3.63, 3.8) is 0 Å². The van der Waals surface area contributed by atoms with Gasteiger partial charge in [0.05, 0.1) is 18.8 Å². The van der Waals surface area contributed by atoms with Gasteiger partial charge in [-0.25, -0.2) is 0 Å². The summed E-state index contributed by atoms with van der Waals surface area (Å²) in [5.74, 6) is -1.73. The number of pyridine rings is 1. The molecule has 2 aliphatic heterocycles. The first kappa shape index (κ1) is 12.0. The topological polar surface area (TPSA) is 92.0 Å². The molecule has 1 saturated heterocycles. The Kier molecular flexibility index (Phi) is 2.53. The molecule has 1 aromatic heterocycles. The molecule has 19 heavy (non-hydrogen) atoms. The lowest BCUT2D eigenvalue weighted by Gasteiger charge is -2.42. The van der Waals surface area contributed by atoms with E-state index in [-0.39, 0.29) is 18.3 Å². The Labute approximate surface area is 108 Å². The molecule has 2 atom stereocenters. The number of carbonyl (C=O) groups is 1. The molecule has 2 N–H and O–H groups in total. The van der Waals surface area contributed by atoms with Crippen molar-refractivity contribution < 1.29 is 19.7 Å². The number of aromatic hydroxyl groups is 2. The molecule has 7 nitrogen and oxygen atoms in total. The molecule has 0 unspecified atom stereocenters. The van der Waals surface area contributed by atoms with Crippen LogP contribution in [0.1, 0.15) is 23.8 Å². The van der Waals surface area contributed by atoms with Gasteiger partial charge in [-0.1, -0.05) is 0 Å². The number of carbonyl (C=O) groups excluding carboxylic acids is 1. The second-order valence-electron chi connectivity index (χ2n) is 4.88. The highest BCUT2D eigenvalue weighted by Gasteiger charge is 2.39. The summed E-state index contributed by atoms with van der Waals surface area (Å²) in [6.07, 6.45) is 1.50. The van der Waals surface area contributed by atoms with Crippen molar-refractivity contribution in [1.29, 1.82) is 0 Å². The maximum atomic E-state index is 12.3. The van der Waals surface area contributed by atoms with E-state index in [1.165, 1.54) is 9.47 Å². The van der Waals surface area contributed by atoms with Crippen LogP contribution in [0.3, 0.4) is 0 Å². The molecule has 0 bridgehead atoms. The van der Waals surface area contributed by atoms with E-state index in [1.54, 1.807) is 0 Å². The number of nitrogens with zero attached hydrogens (tertiary/aromatic N) is 2. The van der Waals surface area contributed by atoms with Crippen molar-refractivity contribution in [3.8, 4) is 11.5 Å².